The van der Waals surface area contributed by atoms with Crippen LogP contribution in [0.5, 0.6) is 0 Å². The van der Waals surface area contributed by atoms with Crippen molar-refractivity contribution in [3.05, 3.63) is 29.3 Å². The maximum atomic E-state index is 12.7. The van der Waals surface area contributed by atoms with Crippen LogP contribution >= 0.6 is 0 Å². The van der Waals surface area contributed by atoms with Crippen molar-refractivity contribution in [1.29, 1.82) is 0 Å². The molecular formula is C19H29N3O4S. The SMILES string of the molecule is COCC1(CNC(=O)c2ccc3c(c2)CC(C)N3S(C)(=O)=O)CCNCC1. The van der Waals surface area contributed by atoms with E-state index in [4.69, 9.17) is 4.74 Å². The molecule has 1 aromatic carbocycles. The summed E-state index contributed by atoms with van der Waals surface area (Å²) in [6, 6.07) is 5.13. The van der Waals surface area contributed by atoms with E-state index in [2.05, 4.69) is 10.6 Å². The minimum absolute atomic E-state index is 0.0337. The summed E-state index contributed by atoms with van der Waals surface area (Å²) in [7, 11) is -1.63. The fourth-order valence-corrected chi connectivity index (χ4v) is 5.52. The van der Waals surface area contributed by atoms with Crippen LogP contribution in [0.15, 0.2) is 18.2 Å². The number of amides is 1. The highest BCUT2D eigenvalue weighted by molar-refractivity contribution is 7.92. The number of piperidine rings is 1. The highest BCUT2D eigenvalue weighted by Crippen LogP contribution is 2.35. The lowest BCUT2D eigenvalue weighted by Gasteiger charge is -2.37. The van der Waals surface area contributed by atoms with E-state index in [9.17, 15) is 13.2 Å². The average Bonchev–Trinajstić information content (AvgIpc) is 2.96. The number of methoxy groups -OCH3 is 1. The fourth-order valence-electron chi connectivity index (χ4n) is 4.25. The van der Waals surface area contributed by atoms with Crippen molar-refractivity contribution in [3.8, 4) is 0 Å². The number of sulfonamides is 1. The summed E-state index contributed by atoms with van der Waals surface area (Å²) in [6.07, 6.45) is 3.76. The van der Waals surface area contributed by atoms with Gasteiger partial charge in [-0.25, -0.2) is 8.42 Å². The number of fused-ring (bicyclic) bond motifs is 1. The highest BCUT2D eigenvalue weighted by Gasteiger charge is 2.34. The molecule has 0 bridgehead atoms. The number of nitrogens with one attached hydrogen (secondary N) is 2. The monoisotopic (exact) mass is 395 g/mol. The van der Waals surface area contributed by atoms with Crippen molar-refractivity contribution < 1.29 is 17.9 Å². The van der Waals surface area contributed by atoms with E-state index in [-0.39, 0.29) is 17.4 Å². The number of rotatable bonds is 6. The highest BCUT2D eigenvalue weighted by atomic mass is 32.2. The first kappa shape index (κ1) is 20.1. The number of carbonyl (C=O) groups is 1. The maximum Gasteiger partial charge on any atom is 0.251 e. The lowest BCUT2D eigenvalue weighted by atomic mass is 9.79. The number of hydrogen-bond donors (Lipinski definition) is 2. The standard InChI is InChI=1S/C19H29N3O4S/c1-14-10-16-11-15(4-5-17(16)22(14)27(3,24)25)18(23)21-12-19(13-26-2)6-8-20-9-7-19/h4-5,11,14,20H,6-10,12-13H2,1-3H3,(H,21,23). The van der Waals surface area contributed by atoms with Gasteiger partial charge in [-0.1, -0.05) is 0 Å². The molecule has 2 aliphatic rings. The minimum Gasteiger partial charge on any atom is -0.384 e. The Morgan fingerprint density at radius 3 is 2.70 bits per heavy atom. The van der Waals surface area contributed by atoms with E-state index in [1.54, 1.807) is 19.2 Å². The van der Waals surface area contributed by atoms with Crippen LogP contribution < -0.4 is 14.9 Å². The van der Waals surface area contributed by atoms with Crippen LogP contribution in [0.25, 0.3) is 0 Å². The number of anilines is 1. The van der Waals surface area contributed by atoms with Crippen LogP contribution in [0.2, 0.25) is 0 Å². The second-order valence-electron chi connectivity index (χ2n) is 7.82. The normalized spacial score (nSPS) is 21.7. The Hall–Kier alpha value is -1.64. The molecule has 3 rings (SSSR count). The molecule has 0 aliphatic carbocycles. The van der Waals surface area contributed by atoms with Crippen molar-refractivity contribution in [2.24, 2.45) is 5.41 Å². The minimum atomic E-state index is -3.32. The number of carbonyl (C=O) groups excluding carboxylic acids is 1. The van der Waals surface area contributed by atoms with E-state index in [1.807, 2.05) is 13.0 Å². The van der Waals surface area contributed by atoms with E-state index in [0.717, 1.165) is 31.5 Å². The Labute approximate surface area is 161 Å². The van der Waals surface area contributed by atoms with Gasteiger partial charge in [0.25, 0.3) is 5.91 Å². The molecule has 2 N–H and O–H groups in total. The molecule has 0 saturated carbocycles. The van der Waals surface area contributed by atoms with E-state index in [0.29, 0.717) is 30.8 Å². The van der Waals surface area contributed by atoms with Gasteiger partial charge in [-0.2, -0.15) is 0 Å². The summed E-state index contributed by atoms with van der Waals surface area (Å²) in [5.41, 5.74) is 2.11. The fraction of sp³-hybridized carbons (Fsp3) is 0.632. The van der Waals surface area contributed by atoms with Crippen molar-refractivity contribution in [2.75, 3.05) is 43.9 Å². The van der Waals surface area contributed by atoms with Crippen molar-refractivity contribution in [1.82, 2.24) is 10.6 Å². The summed E-state index contributed by atoms with van der Waals surface area (Å²) >= 11 is 0. The van der Waals surface area contributed by atoms with Gasteiger partial charge < -0.3 is 15.4 Å². The van der Waals surface area contributed by atoms with Crippen LogP contribution in [-0.2, 0) is 21.2 Å². The van der Waals surface area contributed by atoms with E-state index >= 15 is 0 Å². The Morgan fingerprint density at radius 1 is 1.37 bits per heavy atom. The first-order valence-electron chi connectivity index (χ1n) is 9.36. The van der Waals surface area contributed by atoms with Gasteiger partial charge in [0.1, 0.15) is 0 Å². The van der Waals surface area contributed by atoms with Gasteiger partial charge in [0.2, 0.25) is 10.0 Å². The first-order valence-corrected chi connectivity index (χ1v) is 11.2. The van der Waals surface area contributed by atoms with Gasteiger partial charge in [-0.15, -0.1) is 0 Å². The maximum absolute atomic E-state index is 12.7. The Bertz CT molecular complexity index is 798. The van der Waals surface area contributed by atoms with Crippen molar-refractivity contribution >= 4 is 21.6 Å². The van der Waals surface area contributed by atoms with Gasteiger partial charge >= 0.3 is 0 Å². The molecule has 2 heterocycles. The third-order valence-corrected chi connectivity index (χ3v) is 6.86. The van der Waals surface area contributed by atoms with Crippen LogP contribution in [0.3, 0.4) is 0 Å². The summed E-state index contributed by atoms with van der Waals surface area (Å²) in [4.78, 5) is 12.7. The lowest BCUT2D eigenvalue weighted by molar-refractivity contribution is 0.0511. The Kier molecular flexibility index (Phi) is 5.79. The Morgan fingerprint density at radius 2 is 2.07 bits per heavy atom. The molecule has 1 unspecified atom stereocenters. The topological polar surface area (TPSA) is 87.7 Å². The molecule has 8 heteroatoms. The van der Waals surface area contributed by atoms with Crippen molar-refractivity contribution in [3.63, 3.8) is 0 Å². The van der Waals surface area contributed by atoms with Gasteiger partial charge in [0.15, 0.2) is 0 Å². The molecule has 0 radical (unpaired) electrons. The molecule has 7 nitrogen and oxygen atoms in total. The third-order valence-electron chi connectivity index (χ3n) is 5.59. The van der Waals surface area contributed by atoms with Gasteiger partial charge in [0.05, 0.1) is 18.6 Å². The number of ether oxygens (including phenoxy) is 1. The van der Waals surface area contributed by atoms with Crippen LogP contribution in [-0.4, -0.2) is 60.0 Å². The summed E-state index contributed by atoms with van der Waals surface area (Å²) < 4.78 is 30.9. The largest absolute Gasteiger partial charge is 0.384 e. The molecule has 2 aliphatic heterocycles. The molecule has 1 atom stereocenters. The smallest absolute Gasteiger partial charge is 0.251 e. The van der Waals surface area contributed by atoms with Gasteiger partial charge in [0, 0.05) is 30.7 Å². The predicted molar refractivity (Wildman–Crippen MR) is 106 cm³/mol. The third kappa shape index (κ3) is 4.28. The lowest BCUT2D eigenvalue weighted by Crippen LogP contribution is -2.47. The zero-order valence-corrected chi connectivity index (χ0v) is 17.1. The second-order valence-corrected chi connectivity index (χ2v) is 9.68. The van der Waals surface area contributed by atoms with Crippen molar-refractivity contribution in [2.45, 2.75) is 32.2 Å². The average molecular weight is 396 g/mol. The molecular weight excluding hydrogens is 366 g/mol. The molecule has 1 saturated heterocycles. The molecule has 1 aromatic rings. The molecule has 1 amide bonds. The molecule has 27 heavy (non-hydrogen) atoms. The van der Waals surface area contributed by atoms with E-state index < -0.39 is 10.0 Å². The van der Waals surface area contributed by atoms with E-state index in [1.165, 1.54) is 10.6 Å². The van der Waals surface area contributed by atoms with Gasteiger partial charge in [-0.05, 0) is 63.0 Å². The molecule has 0 aromatic heterocycles. The summed E-state index contributed by atoms with van der Waals surface area (Å²) in [6.45, 7) is 4.94. The van der Waals surface area contributed by atoms with Gasteiger partial charge in [-0.3, -0.25) is 9.10 Å². The first-order chi connectivity index (χ1) is 12.8. The quantitative estimate of drug-likeness (QED) is 0.754. The zero-order chi connectivity index (χ0) is 19.7. The molecule has 0 spiro atoms. The summed E-state index contributed by atoms with van der Waals surface area (Å²) in [5.74, 6) is -0.128. The van der Waals surface area contributed by atoms with Crippen LogP contribution in [0.4, 0.5) is 5.69 Å². The van der Waals surface area contributed by atoms with Crippen LogP contribution in [0.1, 0.15) is 35.7 Å². The van der Waals surface area contributed by atoms with Crippen LogP contribution in [0, 0.1) is 5.41 Å². The predicted octanol–water partition coefficient (Wildman–Crippen LogP) is 1.14. The number of nitrogens with zero attached hydrogens (tertiary/aromatic N) is 1. The number of hydrogen-bond acceptors (Lipinski definition) is 5. The molecule has 1 fully saturated rings. The Balaban J connectivity index is 1.72. The second kappa shape index (κ2) is 7.77. The number of benzene rings is 1. The summed E-state index contributed by atoms with van der Waals surface area (Å²) in [5, 5.41) is 6.40. The zero-order valence-electron chi connectivity index (χ0n) is 16.2. The molecule has 150 valence electrons.